The van der Waals surface area contributed by atoms with Crippen molar-refractivity contribution in [2.75, 3.05) is 25.4 Å². The first-order valence-corrected chi connectivity index (χ1v) is 10.3. The van der Waals surface area contributed by atoms with E-state index in [9.17, 15) is 26.4 Å². The third-order valence-corrected chi connectivity index (χ3v) is 6.24. The van der Waals surface area contributed by atoms with Gasteiger partial charge in [-0.1, -0.05) is 6.92 Å². The Morgan fingerprint density at radius 2 is 1.81 bits per heavy atom. The molecule has 0 bridgehead atoms. The highest BCUT2D eigenvalue weighted by atomic mass is 32.2. The van der Waals surface area contributed by atoms with E-state index in [2.05, 4.69) is 10.1 Å². The minimum atomic E-state index is -4.42. The van der Waals surface area contributed by atoms with E-state index in [-0.39, 0.29) is 23.5 Å². The molecule has 1 aromatic carbocycles. The molecule has 27 heavy (non-hydrogen) atoms. The maximum absolute atomic E-state index is 12.3. The first-order valence-electron chi connectivity index (χ1n) is 8.69. The van der Waals surface area contributed by atoms with E-state index in [0.717, 1.165) is 0 Å². The fraction of sp³-hybridized carbons (Fsp3) is 0.588. The first kappa shape index (κ1) is 21.5. The van der Waals surface area contributed by atoms with Gasteiger partial charge in [0.15, 0.2) is 6.61 Å². The van der Waals surface area contributed by atoms with Gasteiger partial charge in [-0.05, 0) is 43.5 Å². The van der Waals surface area contributed by atoms with Crippen LogP contribution in [0.15, 0.2) is 24.3 Å². The molecule has 1 N–H and O–H groups in total. The standard InChI is InChI=1S/C17H23F3N2O4S/c1-2-11-27(24,25)22-9-7-14(8-10-22)21-16(23)13-3-5-15(6-4-13)26-12-17(18,19)20/h3-6,14H,2,7-12H2,1H3,(H,21,23). The van der Waals surface area contributed by atoms with E-state index in [1.165, 1.54) is 28.6 Å². The number of amides is 1. The zero-order valence-corrected chi connectivity index (χ0v) is 15.8. The molecule has 0 radical (unpaired) electrons. The molecule has 10 heteroatoms. The van der Waals surface area contributed by atoms with Crippen molar-refractivity contribution < 1.29 is 31.1 Å². The number of halogens is 3. The molecule has 0 saturated carbocycles. The quantitative estimate of drug-likeness (QED) is 0.753. The van der Waals surface area contributed by atoms with Gasteiger partial charge in [0.2, 0.25) is 10.0 Å². The Labute approximate surface area is 156 Å². The lowest BCUT2D eigenvalue weighted by atomic mass is 10.1. The predicted octanol–water partition coefficient (Wildman–Crippen LogP) is 2.56. The smallest absolute Gasteiger partial charge is 0.422 e. The molecule has 1 aromatic rings. The molecule has 1 saturated heterocycles. The summed E-state index contributed by atoms with van der Waals surface area (Å²) in [5.74, 6) is -0.210. The Balaban J connectivity index is 1.84. The van der Waals surface area contributed by atoms with Crippen molar-refractivity contribution in [1.29, 1.82) is 0 Å². The molecule has 0 unspecified atom stereocenters. The van der Waals surface area contributed by atoms with E-state index in [4.69, 9.17) is 0 Å². The average molecular weight is 408 g/mol. The Morgan fingerprint density at radius 3 is 2.33 bits per heavy atom. The molecule has 1 amide bonds. The van der Waals surface area contributed by atoms with Gasteiger partial charge in [-0.2, -0.15) is 13.2 Å². The lowest BCUT2D eigenvalue weighted by molar-refractivity contribution is -0.153. The lowest BCUT2D eigenvalue weighted by Crippen LogP contribution is -2.47. The number of ether oxygens (including phenoxy) is 1. The van der Waals surface area contributed by atoms with Gasteiger partial charge in [-0.3, -0.25) is 4.79 Å². The van der Waals surface area contributed by atoms with Crippen LogP contribution >= 0.6 is 0 Å². The highest BCUT2D eigenvalue weighted by molar-refractivity contribution is 7.89. The van der Waals surface area contributed by atoms with Crippen molar-refractivity contribution in [3.8, 4) is 5.75 Å². The number of nitrogens with one attached hydrogen (secondary N) is 1. The van der Waals surface area contributed by atoms with E-state index in [0.29, 0.717) is 37.9 Å². The van der Waals surface area contributed by atoms with Crippen LogP contribution in [0.5, 0.6) is 5.75 Å². The van der Waals surface area contributed by atoms with Gasteiger partial charge >= 0.3 is 6.18 Å². The fourth-order valence-electron chi connectivity index (χ4n) is 2.80. The third-order valence-electron chi connectivity index (χ3n) is 4.16. The second-order valence-corrected chi connectivity index (χ2v) is 8.48. The maximum Gasteiger partial charge on any atom is 0.422 e. The van der Waals surface area contributed by atoms with Crippen LogP contribution in [0.4, 0.5) is 13.2 Å². The second kappa shape index (κ2) is 8.92. The Morgan fingerprint density at radius 1 is 1.22 bits per heavy atom. The number of hydrogen-bond acceptors (Lipinski definition) is 4. The van der Waals surface area contributed by atoms with Crippen LogP contribution in [0.3, 0.4) is 0 Å². The topological polar surface area (TPSA) is 75.7 Å². The first-order chi connectivity index (χ1) is 12.6. The Bertz CT molecular complexity index is 728. The van der Waals surface area contributed by atoms with Crippen molar-refractivity contribution in [1.82, 2.24) is 9.62 Å². The SMILES string of the molecule is CCCS(=O)(=O)N1CCC(NC(=O)c2ccc(OCC(F)(F)F)cc2)CC1. The molecule has 0 atom stereocenters. The molecule has 0 spiro atoms. The number of hydrogen-bond donors (Lipinski definition) is 1. The Hall–Kier alpha value is -1.81. The summed E-state index contributed by atoms with van der Waals surface area (Å²) >= 11 is 0. The molecule has 0 aliphatic carbocycles. The van der Waals surface area contributed by atoms with Crippen LogP contribution in [-0.2, 0) is 10.0 Å². The van der Waals surface area contributed by atoms with Gasteiger partial charge in [-0.15, -0.1) is 0 Å². The number of benzene rings is 1. The molecule has 1 aliphatic heterocycles. The summed E-state index contributed by atoms with van der Waals surface area (Å²) in [6.07, 6.45) is -2.83. The van der Waals surface area contributed by atoms with Gasteiger partial charge in [0.25, 0.3) is 5.91 Å². The highest BCUT2D eigenvalue weighted by Gasteiger charge is 2.29. The highest BCUT2D eigenvalue weighted by Crippen LogP contribution is 2.19. The fourth-order valence-corrected chi connectivity index (χ4v) is 4.34. The van der Waals surface area contributed by atoms with Gasteiger partial charge in [0, 0.05) is 24.7 Å². The van der Waals surface area contributed by atoms with Crippen molar-refractivity contribution in [3.63, 3.8) is 0 Å². The zero-order chi connectivity index (χ0) is 20.1. The van der Waals surface area contributed by atoms with E-state index < -0.39 is 22.8 Å². The van der Waals surface area contributed by atoms with Crippen molar-refractivity contribution in [2.24, 2.45) is 0 Å². The molecule has 152 valence electrons. The van der Waals surface area contributed by atoms with Crippen LogP contribution in [0.1, 0.15) is 36.5 Å². The monoisotopic (exact) mass is 408 g/mol. The van der Waals surface area contributed by atoms with Crippen molar-refractivity contribution in [2.45, 2.75) is 38.4 Å². The molecule has 1 aliphatic rings. The van der Waals surface area contributed by atoms with Crippen LogP contribution in [-0.4, -0.2) is 56.3 Å². The number of rotatable bonds is 7. The van der Waals surface area contributed by atoms with Crippen molar-refractivity contribution >= 4 is 15.9 Å². The summed E-state index contributed by atoms with van der Waals surface area (Å²) in [4.78, 5) is 12.3. The summed E-state index contributed by atoms with van der Waals surface area (Å²) in [6.45, 7) is 1.14. The maximum atomic E-state index is 12.3. The Kier molecular flexibility index (Phi) is 7.10. The molecule has 1 heterocycles. The van der Waals surface area contributed by atoms with Gasteiger partial charge < -0.3 is 10.1 Å². The van der Waals surface area contributed by atoms with Crippen LogP contribution < -0.4 is 10.1 Å². The minimum absolute atomic E-state index is 0.0262. The average Bonchev–Trinajstić information content (AvgIpc) is 2.60. The summed E-state index contributed by atoms with van der Waals surface area (Å²) < 4.78 is 66.5. The molecule has 0 aromatic heterocycles. The lowest BCUT2D eigenvalue weighted by Gasteiger charge is -2.31. The third kappa shape index (κ3) is 6.69. The summed E-state index contributed by atoms with van der Waals surface area (Å²) in [5.41, 5.74) is 0.301. The minimum Gasteiger partial charge on any atom is -0.484 e. The van der Waals surface area contributed by atoms with Crippen LogP contribution in [0.25, 0.3) is 0 Å². The zero-order valence-electron chi connectivity index (χ0n) is 15.0. The molecule has 6 nitrogen and oxygen atoms in total. The van der Waals surface area contributed by atoms with Crippen LogP contribution in [0, 0.1) is 0 Å². The summed E-state index contributed by atoms with van der Waals surface area (Å²) in [7, 11) is -3.23. The van der Waals surface area contributed by atoms with Gasteiger partial charge in [0.1, 0.15) is 5.75 Å². The van der Waals surface area contributed by atoms with E-state index in [1.54, 1.807) is 0 Å². The van der Waals surface area contributed by atoms with E-state index in [1.807, 2.05) is 6.92 Å². The van der Waals surface area contributed by atoms with Crippen molar-refractivity contribution in [3.05, 3.63) is 29.8 Å². The molecule has 2 rings (SSSR count). The number of carbonyl (C=O) groups excluding carboxylic acids is 1. The number of alkyl halides is 3. The largest absolute Gasteiger partial charge is 0.484 e. The molecule has 1 fully saturated rings. The number of carbonyl (C=O) groups is 1. The number of sulfonamides is 1. The summed E-state index contributed by atoms with van der Waals surface area (Å²) in [5, 5.41) is 2.83. The molecular weight excluding hydrogens is 385 g/mol. The van der Waals surface area contributed by atoms with Gasteiger partial charge in [0.05, 0.1) is 5.75 Å². The predicted molar refractivity (Wildman–Crippen MR) is 94.1 cm³/mol. The van der Waals surface area contributed by atoms with Crippen LogP contribution in [0.2, 0.25) is 0 Å². The van der Waals surface area contributed by atoms with Gasteiger partial charge in [-0.25, -0.2) is 12.7 Å². The summed E-state index contributed by atoms with van der Waals surface area (Å²) in [6, 6.07) is 5.25. The second-order valence-electron chi connectivity index (χ2n) is 6.39. The normalized spacial score (nSPS) is 16.9. The van der Waals surface area contributed by atoms with E-state index >= 15 is 0 Å². The number of piperidine rings is 1. The molecular formula is C17H23F3N2O4S. The number of nitrogens with zero attached hydrogens (tertiary/aromatic N) is 1.